The average molecular weight is 362 g/mol. The van der Waals surface area contributed by atoms with Crippen molar-refractivity contribution in [2.24, 2.45) is 0 Å². The molecule has 0 N–H and O–H groups in total. The van der Waals surface area contributed by atoms with Crippen LogP contribution in [0.25, 0.3) is 0 Å². The third kappa shape index (κ3) is 5.98. The molecule has 0 atom stereocenters. The molecule has 2 aromatic carbocycles. The number of halogens is 1. The van der Waals surface area contributed by atoms with E-state index in [0.717, 1.165) is 22.6 Å². The Bertz CT molecular complexity index is 606. The predicted octanol–water partition coefficient (Wildman–Crippen LogP) is 4.25. The Morgan fingerprint density at radius 3 is 1.68 bits per heavy atom. The summed E-state index contributed by atoms with van der Waals surface area (Å²) in [4.78, 5) is 14.4. The lowest BCUT2D eigenvalue weighted by Crippen LogP contribution is -2.30. The second-order valence-electron chi connectivity index (χ2n) is 5.74. The van der Waals surface area contributed by atoms with Crippen molar-refractivity contribution in [3.8, 4) is 11.5 Å². The molecule has 0 aliphatic carbocycles. The van der Waals surface area contributed by atoms with Gasteiger partial charge in [-0.05, 0) is 41.8 Å². The van der Waals surface area contributed by atoms with Gasteiger partial charge in [0.05, 0.1) is 14.2 Å². The molecular formula is C20H24ClNO3. The van der Waals surface area contributed by atoms with E-state index in [1.54, 1.807) is 14.2 Å². The van der Waals surface area contributed by atoms with Gasteiger partial charge in [0.25, 0.3) is 0 Å². The van der Waals surface area contributed by atoms with E-state index in [1.807, 2.05) is 53.4 Å². The summed E-state index contributed by atoms with van der Waals surface area (Å²) >= 11 is 5.74. The number of carbonyl (C=O) groups is 1. The molecule has 0 saturated heterocycles. The Hall–Kier alpha value is -2.20. The third-order valence-corrected chi connectivity index (χ3v) is 4.21. The van der Waals surface area contributed by atoms with Crippen molar-refractivity contribution in [1.29, 1.82) is 0 Å². The van der Waals surface area contributed by atoms with Crippen molar-refractivity contribution in [2.45, 2.75) is 25.9 Å². The molecule has 25 heavy (non-hydrogen) atoms. The highest BCUT2D eigenvalue weighted by Crippen LogP contribution is 2.18. The van der Waals surface area contributed by atoms with Crippen LogP contribution in [0.3, 0.4) is 0 Å². The van der Waals surface area contributed by atoms with Gasteiger partial charge in [-0.15, -0.1) is 11.6 Å². The number of methoxy groups -OCH3 is 2. The molecule has 134 valence electrons. The summed E-state index contributed by atoms with van der Waals surface area (Å²) < 4.78 is 10.4. The topological polar surface area (TPSA) is 38.8 Å². The minimum atomic E-state index is 0.104. The molecule has 0 spiro atoms. The summed E-state index contributed by atoms with van der Waals surface area (Å²) in [5.74, 6) is 2.20. The second-order valence-corrected chi connectivity index (χ2v) is 6.12. The summed E-state index contributed by atoms with van der Waals surface area (Å²) in [6.07, 6.45) is 1.14. The second kappa shape index (κ2) is 9.94. The van der Waals surface area contributed by atoms with Crippen LogP contribution in [0.15, 0.2) is 48.5 Å². The molecule has 1 amide bonds. The van der Waals surface area contributed by atoms with E-state index in [2.05, 4.69) is 0 Å². The fourth-order valence-corrected chi connectivity index (χ4v) is 2.64. The van der Waals surface area contributed by atoms with Crippen molar-refractivity contribution in [1.82, 2.24) is 4.90 Å². The Labute approximate surface area is 154 Å². The SMILES string of the molecule is COc1ccc(CN(Cc2ccc(OC)cc2)C(=O)CCCCl)cc1. The summed E-state index contributed by atoms with van der Waals surface area (Å²) in [7, 11) is 3.28. The molecule has 0 bridgehead atoms. The molecule has 0 fully saturated rings. The lowest BCUT2D eigenvalue weighted by Gasteiger charge is -2.23. The zero-order valence-electron chi connectivity index (χ0n) is 14.7. The van der Waals surface area contributed by atoms with Crippen LogP contribution in [0.2, 0.25) is 0 Å². The van der Waals surface area contributed by atoms with Crippen molar-refractivity contribution in [3.05, 3.63) is 59.7 Å². The fraction of sp³-hybridized carbons (Fsp3) is 0.350. The maximum atomic E-state index is 12.6. The largest absolute Gasteiger partial charge is 0.497 e. The van der Waals surface area contributed by atoms with E-state index < -0.39 is 0 Å². The van der Waals surface area contributed by atoms with E-state index in [9.17, 15) is 4.79 Å². The van der Waals surface area contributed by atoms with Crippen LogP contribution >= 0.6 is 11.6 Å². The first-order valence-electron chi connectivity index (χ1n) is 8.26. The molecule has 2 rings (SSSR count). The van der Waals surface area contributed by atoms with Crippen molar-refractivity contribution in [3.63, 3.8) is 0 Å². The molecule has 5 heteroatoms. The van der Waals surface area contributed by atoms with E-state index >= 15 is 0 Å². The van der Waals surface area contributed by atoms with Gasteiger partial charge in [-0.1, -0.05) is 24.3 Å². The number of benzene rings is 2. The Morgan fingerprint density at radius 2 is 1.32 bits per heavy atom. The summed E-state index contributed by atoms with van der Waals surface area (Å²) in [6, 6.07) is 15.6. The summed E-state index contributed by atoms with van der Waals surface area (Å²) in [6.45, 7) is 1.11. The summed E-state index contributed by atoms with van der Waals surface area (Å²) in [5.41, 5.74) is 2.13. The van der Waals surface area contributed by atoms with Gasteiger partial charge >= 0.3 is 0 Å². The predicted molar refractivity (Wildman–Crippen MR) is 100 cm³/mol. The highest BCUT2D eigenvalue weighted by atomic mass is 35.5. The molecule has 4 nitrogen and oxygen atoms in total. The number of carbonyl (C=O) groups excluding carboxylic acids is 1. The molecule has 0 heterocycles. The number of amides is 1. The smallest absolute Gasteiger partial charge is 0.223 e. The molecule has 0 saturated carbocycles. The maximum absolute atomic E-state index is 12.6. The van der Waals surface area contributed by atoms with Crippen LogP contribution in [-0.4, -0.2) is 30.9 Å². The Balaban J connectivity index is 2.11. The monoisotopic (exact) mass is 361 g/mol. The van der Waals surface area contributed by atoms with Crippen molar-refractivity contribution >= 4 is 17.5 Å². The van der Waals surface area contributed by atoms with Gasteiger partial charge < -0.3 is 14.4 Å². The van der Waals surface area contributed by atoms with Gasteiger partial charge in [-0.2, -0.15) is 0 Å². The average Bonchev–Trinajstić information content (AvgIpc) is 2.66. The number of alkyl halides is 1. The number of hydrogen-bond donors (Lipinski definition) is 0. The van der Waals surface area contributed by atoms with Gasteiger partial charge in [0.15, 0.2) is 0 Å². The minimum Gasteiger partial charge on any atom is -0.497 e. The highest BCUT2D eigenvalue weighted by Gasteiger charge is 2.14. The van der Waals surface area contributed by atoms with Gasteiger partial charge in [0.2, 0.25) is 5.91 Å². The number of ether oxygens (including phenoxy) is 2. The van der Waals surface area contributed by atoms with Crippen molar-refractivity contribution in [2.75, 3.05) is 20.1 Å². The zero-order valence-corrected chi connectivity index (χ0v) is 15.5. The molecule has 0 unspecified atom stereocenters. The number of nitrogens with zero attached hydrogens (tertiary/aromatic N) is 1. The lowest BCUT2D eigenvalue weighted by atomic mass is 10.1. The molecular weight excluding hydrogens is 338 g/mol. The van der Waals surface area contributed by atoms with Crippen LogP contribution in [0.5, 0.6) is 11.5 Å². The fourth-order valence-electron chi connectivity index (χ4n) is 2.51. The first kappa shape index (κ1) is 19.1. The van der Waals surface area contributed by atoms with Crippen LogP contribution in [0.4, 0.5) is 0 Å². The van der Waals surface area contributed by atoms with Crippen molar-refractivity contribution < 1.29 is 14.3 Å². The quantitative estimate of drug-likeness (QED) is 0.627. The van der Waals surface area contributed by atoms with E-state index in [0.29, 0.717) is 31.8 Å². The number of hydrogen-bond acceptors (Lipinski definition) is 3. The standard InChI is InChI=1S/C20H24ClNO3/c1-24-18-9-5-16(6-10-18)14-22(20(23)4-3-13-21)15-17-7-11-19(25-2)12-8-17/h5-12H,3-4,13-15H2,1-2H3. The zero-order chi connectivity index (χ0) is 18.1. The van der Waals surface area contributed by atoms with E-state index in [1.165, 1.54) is 0 Å². The van der Waals surface area contributed by atoms with Gasteiger partial charge in [0.1, 0.15) is 11.5 Å². The van der Waals surface area contributed by atoms with Gasteiger partial charge in [-0.25, -0.2) is 0 Å². The van der Waals surface area contributed by atoms with Gasteiger partial charge in [-0.3, -0.25) is 4.79 Å². The van der Waals surface area contributed by atoms with Crippen LogP contribution in [-0.2, 0) is 17.9 Å². The van der Waals surface area contributed by atoms with Crippen LogP contribution in [0.1, 0.15) is 24.0 Å². The number of rotatable bonds is 9. The van der Waals surface area contributed by atoms with E-state index in [4.69, 9.17) is 21.1 Å². The first-order valence-corrected chi connectivity index (χ1v) is 8.79. The normalized spacial score (nSPS) is 10.4. The maximum Gasteiger partial charge on any atom is 0.223 e. The molecule has 0 aliphatic rings. The molecule has 0 radical (unpaired) electrons. The van der Waals surface area contributed by atoms with Gasteiger partial charge in [0, 0.05) is 25.4 Å². The first-order chi connectivity index (χ1) is 12.2. The van der Waals surface area contributed by atoms with E-state index in [-0.39, 0.29) is 5.91 Å². The molecule has 2 aromatic rings. The minimum absolute atomic E-state index is 0.104. The third-order valence-electron chi connectivity index (χ3n) is 3.94. The molecule has 0 aromatic heterocycles. The Morgan fingerprint density at radius 1 is 0.880 bits per heavy atom. The Kier molecular flexibility index (Phi) is 7.61. The van der Waals surface area contributed by atoms with Crippen LogP contribution < -0.4 is 9.47 Å². The highest BCUT2D eigenvalue weighted by molar-refractivity contribution is 6.17. The van der Waals surface area contributed by atoms with Crippen LogP contribution in [0, 0.1) is 0 Å². The lowest BCUT2D eigenvalue weighted by molar-refractivity contribution is -0.132. The molecule has 0 aliphatic heterocycles. The summed E-state index contributed by atoms with van der Waals surface area (Å²) in [5, 5.41) is 0.